The van der Waals surface area contributed by atoms with Crippen molar-refractivity contribution in [3.05, 3.63) is 18.2 Å². The highest BCUT2D eigenvalue weighted by Gasteiger charge is 2.53. The van der Waals surface area contributed by atoms with E-state index < -0.39 is 5.82 Å². The van der Waals surface area contributed by atoms with Crippen molar-refractivity contribution in [2.24, 2.45) is 11.3 Å². The largest absolute Gasteiger partial charge is 0.339 e. The topological polar surface area (TPSA) is 87.4 Å². The van der Waals surface area contributed by atoms with Crippen molar-refractivity contribution in [3.8, 4) is 0 Å². The maximum atomic E-state index is 12.7. The predicted octanol–water partition coefficient (Wildman–Crippen LogP) is -0.679. The van der Waals surface area contributed by atoms with Crippen LogP contribution in [-0.2, 0) is 0 Å². The van der Waals surface area contributed by atoms with Gasteiger partial charge in [-0.2, -0.15) is 0 Å². The lowest BCUT2D eigenvalue weighted by Gasteiger charge is -2.59. The van der Waals surface area contributed by atoms with Crippen molar-refractivity contribution < 1.29 is 9.18 Å². The third kappa shape index (κ3) is 1.65. The lowest BCUT2D eigenvalue weighted by atomic mass is 9.73. The van der Waals surface area contributed by atoms with Crippen molar-refractivity contribution in [2.75, 3.05) is 31.1 Å². The van der Waals surface area contributed by atoms with Gasteiger partial charge in [0.1, 0.15) is 0 Å². The molecule has 2 fully saturated rings. The first kappa shape index (κ1) is 11.1. The van der Waals surface area contributed by atoms with Crippen molar-refractivity contribution in [3.63, 3.8) is 0 Å². The Morgan fingerprint density at radius 3 is 2.50 bits per heavy atom. The summed E-state index contributed by atoms with van der Waals surface area (Å²) >= 11 is 0. The summed E-state index contributed by atoms with van der Waals surface area (Å²) in [6, 6.07) is -0.253. The third-order valence-corrected chi connectivity index (χ3v) is 3.41. The molecule has 2 saturated heterocycles. The minimum atomic E-state index is -0.441. The van der Waals surface area contributed by atoms with Gasteiger partial charge in [0.2, 0.25) is 5.95 Å². The van der Waals surface area contributed by atoms with Crippen molar-refractivity contribution >= 4 is 12.0 Å². The standard InChI is InChI=1S/C10H13FN6O/c11-7-1-13-8(14-2-7)16-3-10(4-16)5-17(6-10)9(18)15-12/h1-2H,3-6,12H2,(H,15,18). The molecule has 2 amide bonds. The summed E-state index contributed by atoms with van der Waals surface area (Å²) < 4.78 is 12.7. The maximum Gasteiger partial charge on any atom is 0.331 e. The Balaban J connectivity index is 1.55. The van der Waals surface area contributed by atoms with Gasteiger partial charge in [0, 0.05) is 31.6 Å². The normalized spacial score (nSPS) is 20.3. The number of urea groups is 1. The number of carbonyl (C=O) groups is 1. The fourth-order valence-corrected chi connectivity index (χ4v) is 2.57. The molecule has 2 aliphatic heterocycles. The van der Waals surface area contributed by atoms with Crippen molar-refractivity contribution in [2.45, 2.75) is 0 Å². The predicted molar refractivity (Wildman–Crippen MR) is 60.9 cm³/mol. The van der Waals surface area contributed by atoms with Gasteiger partial charge in [-0.3, -0.25) is 5.43 Å². The van der Waals surface area contributed by atoms with Crippen molar-refractivity contribution in [1.29, 1.82) is 0 Å². The average Bonchev–Trinajstić information content (AvgIpc) is 2.27. The van der Waals surface area contributed by atoms with E-state index in [1.807, 2.05) is 4.90 Å². The van der Waals surface area contributed by atoms with Gasteiger partial charge in [0.05, 0.1) is 12.4 Å². The van der Waals surface area contributed by atoms with Gasteiger partial charge in [0.25, 0.3) is 0 Å². The lowest BCUT2D eigenvalue weighted by molar-refractivity contribution is 0.00698. The molecule has 0 aromatic carbocycles. The number of likely N-dealkylation sites (tertiary alicyclic amines) is 1. The number of carbonyl (C=O) groups excluding carboxylic acids is 1. The summed E-state index contributed by atoms with van der Waals surface area (Å²) in [5.41, 5.74) is 2.24. The van der Waals surface area contributed by atoms with E-state index in [9.17, 15) is 9.18 Å². The first-order chi connectivity index (χ1) is 8.62. The van der Waals surface area contributed by atoms with Crippen LogP contribution >= 0.6 is 0 Å². The molecule has 2 aliphatic rings. The number of nitrogens with one attached hydrogen (secondary N) is 1. The quantitative estimate of drug-likeness (QED) is 0.393. The Bertz CT molecular complexity index is 464. The number of amides is 2. The summed E-state index contributed by atoms with van der Waals surface area (Å²) in [5, 5.41) is 0. The molecule has 18 heavy (non-hydrogen) atoms. The van der Waals surface area contributed by atoms with Gasteiger partial charge in [-0.15, -0.1) is 0 Å². The molecule has 0 atom stereocenters. The number of hydrogen-bond acceptors (Lipinski definition) is 5. The number of hydrazine groups is 1. The first-order valence-electron chi connectivity index (χ1n) is 5.60. The molecule has 3 N–H and O–H groups in total. The molecule has 8 heteroatoms. The molecule has 0 radical (unpaired) electrons. The van der Waals surface area contributed by atoms with Crippen LogP contribution in [0.1, 0.15) is 0 Å². The molecule has 1 spiro atoms. The van der Waals surface area contributed by atoms with Crippen LogP contribution in [-0.4, -0.2) is 47.1 Å². The van der Waals surface area contributed by atoms with Gasteiger partial charge >= 0.3 is 6.03 Å². The van der Waals surface area contributed by atoms with Gasteiger partial charge in [0.15, 0.2) is 5.82 Å². The fourth-order valence-electron chi connectivity index (χ4n) is 2.57. The number of nitrogens with zero attached hydrogens (tertiary/aromatic N) is 4. The highest BCUT2D eigenvalue weighted by molar-refractivity contribution is 5.75. The second kappa shape index (κ2) is 3.77. The van der Waals surface area contributed by atoms with Crippen LogP contribution in [0.4, 0.5) is 15.1 Å². The molecule has 7 nitrogen and oxygen atoms in total. The Morgan fingerprint density at radius 1 is 1.33 bits per heavy atom. The Hall–Kier alpha value is -1.96. The Labute approximate surface area is 103 Å². The average molecular weight is 252 g/mol. The van der Waals surface area contributed by atoms with Crippen molar-refractivity contribution in [1.82, 2.24) is 20.3 Å². The van der Waals surface area contributed by atoms with E-state index in [-0.39, 0.29) is 11.4 Å². The van der Waals surface area contributed by atoms with E-state index in [0.717, 1.165) is 25.5 Å². The van der Waals surface area contributed by atoms with E-state index >= 15 is 0 Å². The summed E-state index contributed by atoms with van der Waals surface area (Å²) in [6.45, 7) is 2.95. The van der Waals surface area contributed by atoms with E-state index in [4.69, 9.17) is 5.84 Å². The summed E-state index contributed by atoms with van der Waals surface area (Å²) in [6.07, 6.45) is 2.31. The maximum absolute atomic E-state index is 12.7. The highest BCUT2D eigenvalue weighted by atomic mass is 19.1. The minimum absolute atomic E-state index is 0.129. The van der Waals surface area contributed by atoms with Gasteiger partial charge in [-0.1, -0.05) is 0 Å². The van der Waals surface area contributed by atoms with E-state index in [2.05, 4.69) is 15.4 Å². The molecular formula is C10H13FN6O. The molecule has 0 aliphatic carbocycles. The summed E-state index contributed by atoms with van der Waals surface area (Å²) in [4.78, 5) is 22.7. The Morgan fingerprint density at radius 2 is 1.94 bits per heavy atom. The zero-order valence-electron chi connectivity index (χ0n) is 9.64. The fraction of sp³-hybridized carbons (Fsp3) is 0.500. The summed E-state index contributed by atoms with van der Waals surface area (Å²) in [5.74, 6) is 5.15. The molecule has 96 valence electrons. The molecule has 1 aromatic rings. The van der Waals surface area contributed by atoms with Crippen LogP contribution in [0.2, 0.25) is 0 Å². The van der Waals surface area contributed by atoms with E-state index in [0.29, 0.717) is 19.0 Å². The molecule has 1 aromatic heterocycles. The first-order valence-corrected chi connectivity index (χ1v) is 5.60. The monoisotopic (exact) mass is 252 g/mol. The number of rotatable bonds is 1. The van der Waals surface area contributed by atoms with Crippen LogP contribution in [0, 0.1) is 11.2 Å². The van der Waals surface area contributed by atoms with Crippen LogP contribution in [0.3, 0.4) is 0 Å². The van der Waals surface area contributed by atoms with Gasteiger partial charge in [-0.05, 0) is 0 Å². The molecule has 0 unspecified atom stereocenters. The smallest absolute Gasteiger partial charge is 0.331 e. The highest BCUT2D eigenvalue weighted by Crippen LogP contribution is 2.40. The molecule has 3 rings (SSSR count). The van der Waals surface area contributed by atoms with Crippen LogP contribution in [0.15, 0.2) is 12.4 Å². The second-order valence-corrected chi connectivity index (χ2v) is 4.86. The zero-order chi connectivity index (χ0) is 12.8. The van der Waals surface area contributed by atoms with Crippen LogP contribution in [0.25, 0.3) is 0 Å². The lowest BCUT2D eigenvalue weighted by Crippen LogP contribution is -2.74. The molecule has 0 saturated carbocycles. The molecular weight excluding hydrogens is 239 g/mol. The van der Waals surface area contributed by atoms with Crippen LogP contribution < -0.4 is 16.2 Å². The van der Waals surface area contributed by atoms with Crippen LogP contribution in [0.5, 0.6) is 0 Å². The van der Waals surface area contributed by atoms with Gasteiger partial charge in [-0.25, -0.2) is 25.0 Å². The number of nitrogens with two attached hydrogens (primary N) is 1. The number of halogens is 1. The van der Waals surface area contributed by atoms with E-state index in [1.54, 1.807) is 4.90 Å². The zero-order valence-corrected chi connectivity index (χ0v) is 9.64. The SMILES string of the molecule is NNC(=O)N1CC2(C1)CN(c1ncc(F)cn1)C2. The molecule has 3 heterocycles. The third-order valence-electron chi connectivity index (χ3n) is 3.41. The molecule has 0 bridgehead atoms. The number of aromatic nitrogens is 2. The summed E-state index contributed by atoms with van der Waals surface area (Å²) in [7, 11) is 0. The second-order valence-electron chi connectivity index (χ2n) is 4.86. The van der Waals surface area contributed by atoms with Gasteiger partial charge < -0.3 is 9.80 Å². The number of hydrogen-bond donors (Lipinski definition) is 2. The minimum Gasteiger partial charge on any atom is -0.339 e. The Kier molecular flexibility index (Phi) is 2.34. The number of anilines is 1. The van der Waals surface area contributed by atoms with E-state index in [1.165, 1.54) is 0 Å².